The van der Waals surface area contributed by atoms with Crippen molar-refractivity contribution in [2.24, 2.45) is 0 Å². The number of anilines is 2. The second-order valence-electron chi connectivity index (χ2n) is 14.6. The molecular formula is C36H50B2F2N6O10. The first-order valence-electron chi connectivity index (χ1n) is 18.6. The van der Waals surface area contributed by atoms with Crippen molar-refractivity contribution >= 4 is 49.1 Å². The van der Waals surface area contributed by atoms with Gasteiger partial charge in [-0.1, -0.05) is 0 Å². The van der Waals surface area contributed by atoms with Crippen LogP contribution in [0.25, 0.3) is 0 Å². The summed E-state index contributed by atoms with van der Waals surface area (Å²) in [5, 5.41) is 30.4. The number of amides is 4. The molecule has 6 rings (SSSR count). The van der Waals surface area contributed by atoms with E-state index in [2.05, 4.69) is 21.3 Å². The molecule has 2 aromatic carbocycles. The minimum atomic E-state index is -1.06. The van der Waals surface area contributed by atoms with Crippen molar-refractivity contribution in [1.29, 1.82) is 0 Å². The molecule has 0 aliphatic carbocycles. The molecule has 16 nitrogen and oxygen atoms in total. The average molecular weight is 786 g/mol. The van der Waals surface area contributed by atoms with Gasteiger partial charge in [-0.25, -0.2) is 8.78 Å². The molecule has 4 atom stereocenters. The van der Waals surface area contributed by atoms with E-state index in [4.69, 9.17) is 18.9 Å². The van der Waals surface area contributed by atoms with Gasteiger partial charge in [0.1, 0.15) is 46.4 Å². The van der Waals surface area contributed by atoms with E-state index in [-0.39, 0.29) is 11.5 Å². The van der Waals surface area contributed by atoms with Crippen LogP contribution in [-0.4, -0.2) is 133 Å². The van der Waals surface area contributed by atoms with Crippen molar-refractivity contribution in [1.82, 2.24) is 20.3 Å². The first-order chi connectivity index (χ1) is 26.5. The molecule has 2 saturated heterocycles. The third kappa shape index (κ3) is 9.43. The molecule has 4 aliphatic heterocycles. The fourth-order valence-electron chi connectivity index (χ4n) is 6.96. The Bertz CT molecular complexity index is 1640. The summed E-state index contributed by atoms with van der Waals surface area (Å²) in [7, 11) is 1.57. The van der Waals surface area contributed by atoms with E-state index in [0.29, 0.717) is 63.5 Å². The zero-order valence-electron chi connectivity index (χ0n) is 32.4. The van der Waals surface area contributed by atoms with Crippen LogP contribution in [0.1, 0.15) is 39.5 Å². The van der Waals surface area contributed by atoms with E-state index < -0.39 is 84.7 Å². The minimum absolute atomic E-state index is 0.223. The van der Waals surface area contributed by atoms with Gasteiger partial charge in [0, 0.05) is 37.8 Å². The highest BCUT2D eigenvalue weighted by Gasteiger charge is 2.51. The Morgan fingerprint density at radius 2 is 1.07 bits per heavy atom. The third-order valence-corrected chi connectivity index (χ3v) is 11.0. The van der Waals surface area contributed by atoms with E-state index in [1.165, 1.54) is 46.0 Å². The lowest BCUT2D eigenvalue weighted by Crippen LogP contribution is -2.64. The van der Waals surface area contributed by atoms with Crippen LogP contribution in [0.4, 0.5) is 20.2 Å². The third-order valence-electron chi connectivity index (χ3n) is 11.0. The summed E-state index contributed by atoms with van der Waals surface area (Å²) in [6.45, 7) is 7.80. The average Bonchev–Trinajstić information content (AvgIpc) is 3.33. The Morgan fingerprint density at radius 1 is 0.732 bits per heavy atom. The van der Waals surface area contributed by atoms with Gasteiger partial charge in [-0.3, -0.25) is 19.2 Å². The number of rotatable bonds is 8. The van der Waals surface area contributed by atoms with Gasteiger partial charge in [-0.2, -0.15) is 0 Å². The van der Waals surface area contributed by atoms with Gasteiger partial charge in [0.25, 0.3) is 11.8 Å². The quantitative estimate of drug-likeness (QED) is 0.210. The SMILES string of the molecule is CB(O)N(C)[C@@H](C)C(=O)N[C@@H]1C(=O)Nc2ccc(F)cc2OC12CCOCC2.CB(O)N(C)[C@@H](C)C(=O)N[C@H]1C(=O)Nc2ccc(F)cc2OC12CCOCC2. The van der Waals surface area contributed by atoms with Crippen LogP contribution < -0.4 is 30.7 Å². The zero-order chi connectivity index (χ0) is 40.9. The Balaban J connectivity index is 0.000000214. The van der Waals surface area contributed by atoms with Gasteiger partial charge in [-0.05, 0) is 65.9 Å². The van der Waals surface area contributed by atoms with Crippen molar-refractivity contribution in [3.05, 3.63) is 48.0 Å². The number of halogens is 2. The number of likely N-dealkylation sites (N-methyl/N-ethyl adjacent to an activating group) is 2. The summed E-state index contributed by atoms with van der Waals surface area (Å²) in [5.41, 5.74) is -1.41. The molecule has 4 aliphatic rings. The molecule has 0 saturated carbocycles. The molecule has 304 valence electrons. The van der Waals surface area contributed by atoms with Crippen molar-refractivity contribution in [2.75, 3.05) is 51.2 Å². The lowest BCUT2D eigenvalue weighted by molar-refractivity contribution is -0.137. The van der Waals surface area contributed by atoms with Crippen LogP contribution in [0.3, 0.4) is 0 Å². The fraction of sp³-hybridized carbons (Fsp3) is 0.556. The van der Waals surface area contributed by atoms with E-state index >= 15 is 0 Å². The molecule has 0 unspecified atom stereocenters. The summed E-state index contributed by atoms with van der Waals surface area (Å²) in [6.07, 6.45) is 1.45. The Hall–Kier alpha value is -4.33. The molecule has 2 spiro atoms. The van der Waals surface area contributed by atoms with E-state index in [1.54, 1.807) is 41.6 Å². The number of fused-ring (bicyclic) bond motifs is 2. The van der Waals surface area contributed by atoms with Crippen molar-refractivity contribution in [2.45, 2.75) is 88.5 Å². The molecule has 6 N–H and O–H groups in total. The molecule has 56 heavy (non-hydrogen) atoms. The predicted molar refractivity (Wildman–Crippen MR) is 203 cm³/mol. The van der Waals surface area contributed by atoms with Crippen molar-refractivity contribution in [3.8, 4) is 11.5 Å². The first-order valence-corrected chi connectivity index (χ1v) is 18.6. The lowest BCUT2D eigenvalue weighted by atomic mass is 9.83. The van der Waals surface area contributed by atoms with Gasteiger partial charge in [-0.15, -0.1) is 0 Å². The van der Waals surface area contributed by atoms with E-state index in [0.717, 1.165) is 0 Å². The van der Waals surface area contributed by atoms with Crippen LogP contribution in [0, 0.1) is 11.6 Å². The van der Waals surface area contributed by atoms with Gasteiger partial charge in [0.15, 0.2) is 0 Å². The number of hydrogen-bond donors (Lipinski definition) is 6. The van der Waals surface area contributed by atoms with Crippen LogP contribution in [0.2, 0.25) is 13.6 Å². The molecule has 2 fully saturated rings. The van der Waals surface area contributed by atoms with Crippen molar-refractivity contribution in [3.63, 3.8) is 0 Å². The smallest absolute Gasteiger partial charge is 0.376 e. The maximum Gasteiger partial charge on any atom is 0.376 e. The standard InChI is InChI=1S/2C18H25BFN3O5/c2*1-11(23(3)19(2)26)16(24)22-15-17(25)21-13-5-4-12(20)10-14(13)28-18(15)6-8-27-9-7-18/h2*4-5,10-11,15,26H,6-9H2,1-3H3,(H,21,25)(H,22,24)/t11-,15+;11-,15-/m00/s1. The molecule has 4 amide bonds. The summed E-state index contributed by atoms with van der Waals surface area (Å²) < 4.78 is 50.6. The Kier molecular flexibility index (Phi) is 13.6. The lowest BCUT2D eigenvalue weighted by Gasteiger charge is -2.41. The molecule has 0 aromatic heterocycles. The number of carbonyl (C=O) groups excluding carboxylic acids is 4. The van der Waals surface area contributed by atoms with Gasteiger partial charge >= 0.3 is 14.1 Å². The molecular weight excluding hydrogens is 736 g/mol. The van der Waals surface area contributed by atoms with Gasteiger partial charge < -0.3 is 59.9 Å². The van der Waals surface area contributed by atoms with Crippen LogP contribution in [0.15, 0.2) is 36.4 Å². The highest BCUT2D eigenvalue weighted by Crippen LogP contribution is 2.40. The monoisotopic (exact) mass is 786 g/mol. The number of nitrogens with zero attached hydrogens (tertiary/aromatic N) is 2. The van der Waals surface area contributed by atoms with Gasteiger partial charge in [0.2, 0.25) is 11.8 Å². The highest BCUT2D eigenvalue weighted by molar-refractivity contribution is 6.46. The Morgan fingerprint density at radius 3 is 1.39 bits per heavy atom. The fourth-order valence-corrected chi connectivity index (χ4v) is 6.96. The van der Waals surface area contributed by atoms with Crippen LogP contribution >= 0.6 is 0 Å². The predicted octanol–water partition coefficient (Wildman–Crippen LogP) is 1.24. The summed E-state index contributed by atoms with van der Waals surface area (Å²) in [6, 6.07) is 4.44. The maximum absolute atomic E-state index is 13.7. The topological polar surface area (TPSA) is 200 Å². The van der Waals surface area contributed by atoms with E-state index in [1.807, 2.05) is 0 Å². The summed E-state index contributed by atoms with van der Waals surface area (Å²) in [4.78, 5) is 54.5. The molecule has 20 heteroatoms. The second-order valence-corrected chi connectivity index (χ2v) is 14.6. The largest absolute Gasteiger partial charge is 0.482 e. The first kappa shape index (κ1) is 42.8. The summed E-state index contributed by atoms with van der Waals surface area (Å²) >= 11 is 0. The van der Waals surface area contributed by atoms with Crippen LogP contribution in [-0.2, 0) is 28.7 Å². The van der Waals surface area contributed by atoms with Gasteiger partial charge in [0.05, 0.1) is 49.9 Å². The van der Waals surface area contributed by atoms with Crippen molar-refractivity contribution < 1.29 is 57.0 Å². The summed E-state index contributed by atoms with van der Waals surface area (Å²) in [5.74, 6) is -2.23. The number of hydrogen-bond acceptors (Lipinski definition) is 12. The maximum atomic E-state index is 13.7. The highest BCUT2D eigenvalue weighted by atomic mass is 19.1. The number of carbonyl (C=O) groups is 4. The number of nitrogens with one attached hydrogen (secondary N) is 4. The molecule has 0 radical (unpaired) electrons. The zero-order valence-corrected chi connectivity index (χ0v) is 32.4. The number of benzene rings is 2. The second kappa shape index (κ2) is 17.9. The Labute approximate surface area is 325 Å². The number of ether oxygens (including phenoxy) is 4. The van der Waals surface area contributed by atoms with Crippen LogP contribution in [0.5, 0.6) is 11.5 Å². The van der Waals surface area contributed by atoms with E-state index in [9.17, 15) is 38.0 Å². The molecule has 2 aromatic rings. The minimum Gasteiger partial charge on any atom is -0.482 e. The molecule has 4 heterocycles. The normalized spacial score (nSPS) is 21.9. The molecule has 0 bridgehead atoms.